The normalized spacial score (nSPS) is 15.8. The van der Waals surface area contributed by atoms with Crippen LogP contribution in [0, 0.1) is 19.8 Å². The summed E-state index contributed by atoms with van der Waals surface area (Å²) >= 11 is 0. The largest absolute Gasteiger partial charge is 0.399 e. The van der Waals surface area contributed by atoms with Gasteiger partial charge in [-0.3, -0.25) is 9.59 Å². The zero-order chi connectivity index (χ0) is 18.7. The number of nitrogens with one attached hydrogen (secondary N) is 1. The number of nitrogens with zero attached hydrogens (tertiary/aromatic N) is 2. The maximum atomic E-state index is 12.9. The number of carbonyl (C=O) groups excluding carboxylic acids is 2. The molecule has 6 nitrogen and oxygen atoms in total. The molecule has 2 heterocycles. The summed E-state index contributed by atoms with van der Waals surface area (Å²) in [7, 11) is 0. The molecular formula is C20H26Cl2N4O2. The highest BCUT2D eigenvalue weighted by atomic mass is 35.5. The molecule has 0 spiro atoms. The molecule has 1 atom stereocenters. The van der Waals surface area contributed by atoms with Crippen molar-refractivity contribution < 1.29 is 9.59 Å². The summed E-state index contributed by atoms with van der Waals surface area (Å²) < 4.78 is 0. The van der Waals surface area contributed by atoms with Crippen LogP contribution in [0.1, 0.15) is 34.5 Å². The van der Waals surface area contributed by atoms with Crippen molar-refractivity contribution in [2.45, 2.75) is 26.7 Å². The molecule has 0 aliphatic carbocycles. The molecule has 152 valence electrons. The van der Waals surface area contributed by atoms with Crippen LogP contribution in [-0.4, -0.2) is 34.8 Å². The Bertz CT molecular complexity index is 845. The fraction of sp³-hybridized carbons (Fsp3) is 0.350. The standard InChI is InChI=1S/C20H24N4O2.2ClH/c1-13-8-9-16(21)11-17(13)20(26)24-10-4-6-15(12-24)19(25)23-18-7-3-5-14(2)22-18;;/h3,5,7-9,11,15H,4,6,10,12,21H2,1-2H3,(H,22,23,25);2*1H. The second-order valence-electron chi connectivity index (χ2n) is 6.82. The highest BCUT2D eigenvalue weighted by Gasteiger charge is 2.29. The van der Waals surface area contributed by atoms with Crippen molar-refractivity contribution in [2.75, 3.05) is 24.1 Å². The SMILES string of the molecule is Cc1cccc(NC(=O)C2CCCN(C(=O)c3cc(N)ccc3C)C2)n1.Cl.Cl. The molecule has 1 aromatic heterocycles. The highest BCUT2D eigenvalue weighted by Crippen LogP contribution is 2.22. The molecule has 3 rings (SSSR count). The Labute approximate surface area is 177 Å². The third kappa shape index (κ3) is 5.59. The van der Waals surface area contributed by atoms with E-state index in [2.05, 4.69) is 10.3 Å². The van der Waals surface area contributed by atoms with E-state index in [0.717, 1.165) is 24.1 Å². The van der Waals surface area contributed by atoms with E-state index in [0.29, 0.717) is 30.2 Å². The van der Waals surface area contributed by atoms with Crippen molar-refractivity contribution in [3.8, 4) is 0 Å². The summed E-state index contributed by atoms with van der Waals surface area (Å²) in [5.41, 5.74) is 8.73. The van der Waals surface area contributed by atoms with Crippen LogP contribution in [0.2, 0.25) is 0 Å². The number of pyridine rings is 1. The lowest BCUT2D eigenvalue weighted by Gasteiger charge is -2.32. The maximum absolute atomic E-state index is 12.9. The molecule has 1 aliphatic heterocycles. The highest BCUT2D eigenvalue weighted by molar-refractivity contribution is 5.97. The van der Waals surface area contributed by atoms with Gasteiger partial charge < -0.3 is 16.0 Å². The van der Waals surface area contributed by atoms with Crippen LogP contribution in [0.15, 0.2) is 36.4 Å². The number of carbonyl (C=O) groups is 2. The first-order valence-corrected chi connectivity index (χ1v) is 8.84. The van der Waals surface area contributed by atoms with Gasteiger partial charge in [0.1, 0.15) is 5.82 Å². The van der Waals surface area contributed by atoms with Gasteiger partial charge in [-0.15, -0.1) is 24.8 Å². The summed E-state index contributed by atoms with van der Waals surface area (Å²) in [6.45, 7) is 4.83. The first-order valence-electron chi connectivity index (χ1n) is 8.84. The summed E-state index contributed by atoms with van der Waals surface area (Å²) in [5, 5.41) is 2.86. The average molecular weight is 425 g/mol. The smallest absolute Gasteiger partial charge is 0.254 e. The van der Waals surface area contributed by atoms with Crippen LogP contribution in [-0.2, 0) is 4.79 Å². The summed E-state index contributed by atoms with van der Waals surface area (Å²) in [5.74, 6) is 0.146. The Morgan fingerprint density at radius 2 is 1.93 bits per heavy atom. The molecular weight excluding hydrogens is 399 g/mol. The van der Waals surface area contributed by atoms with Gasteiger partial charge in [-0.2, -0.15) is 0 Å². The molecule has 0 radical (unpaired) electrons. The predicted molar refractivity (Wildman–Crippen MR) is 116 cm³/mol. The van der Waals surface area contributed by atoms with E-state index in [-0.39, 0.29) is 42.5 Å². The van der Waals surface area contributed by atoms with E-state index in [1.54, 1.807) is 23.1 Å². The molecule has 1 unspecified atom stereocenters. The lowest BCUT2D eigenvalue weighted by molar-refractivity contribution is -0.121. The zero-order valence-corrected chi connectivity index (χ0v) is 17.6. The predicted octanol–water partition coefficient (Wildman–Crippen LogP) is 3.62. The number of aryl methyl sites for hydroxylation is 2. The van der Waals surface area contributed by atoms with E-state index >= 15 is 0 Å². The number of nitrogens with two attached hydrogens (primary N) is 1. The van der Waals surface area contributed by atoms with E-state index in [1.807, 2.05) is 32.0 Å². The van der Waals surface area contributed by atoms with Crippen molar-refractivity contribution >= 4 is 48.1 Å². The number of hydrogen-bond acceptors (Lipinski definition) is 4. The van der Waals surface area contributed by atoms with Gasteiger partial charge >= 0.3 is 0 Å². The molecule has 1 aromatic carbocycles. The fourth-order valence-electron chi connectivity index (χ4n) is 3.26. The number of anilines is 2. The van der Waals surface area contributed by atoms with Crippen molar-refractivity contribution in [1.82, 2.24) is 9.88 Å². The Kier molecular flexibility index (Phi) is 8.72. The quantitative estimate of drug-likeness (QED) is 0.736. The molecule has 8 heteroatoms. The van der Waals surface area contributed by atoms with E-state index in [4.69, 9.17) is 5.73 Å². The van der Waals surface area contributed by atoms with Crippen LogP contribution in [0.4, 0.5) is 11.5 Å². The lowest BCUT2D eigenvalue weighted by Crippen LogP contribution is -2.44. The molecule has 1 aliphatic rings. The summed E-state index contributed by atoms with van der Waals surface area (Å²) in [6, 6.07) is 10.8. The Morgan fingerprint density at radius 3 is 2.64 bits per heavy atom. The minimum absolute atomic E-state index is 0. The maximum Gasteiger partial charge on any atom is 0.254 e. The molecule has 0 bridgehead atoms. The first-order chi connectivity index (χ1) is 12.4. The molecule has 28 heavy (non-hydrogen) atoms. The number of aromatic nitrogens is 1. The number of amides is 2. The van der Waals surface area contributed by atoms with Gasteiger partial charge in [0.25, 0.3) is 5.91 Å². The minimum Gasteiger partial charge on any atom is -0.399 e. The Hall–Kier alpha value is -2.31. The van der Waals surface area contributed by atoms with E-state index in [9.17, 15) is 9.59 Å². The molecule has 0 saturated carbocycles. The third-order valence-corrected chi connectivity index (χ3v) is 4.71. The summed E-state index contributed by atoms with van der Waals surface area (Å²) in [4.78, 5) is 31.5. The van der Waals surface area contributed by atoms with E-state index < -0.39 is 0 Å². The van der Waals surface area contributed by atoms with Crippen LogP contribution < -0.4 is 11.1 Å². The van der Waals surface area contributed by atoms with Crippen molar-refractivity contribution in [3.63, 3.8) is 0 Å². The number of piperidine rings is 1. The number of halogens is 2. The van der Waals surface area contributed by atoms with Gasteiger partial charge in [0.2, 0.25) is 5.91 Å². The lowest BCUT2D eigenvalue weighted by atomic mass is 9.96. The van der Waals surface area contributed by atoms with Crippen LogP contribution in [0.25, 0.3) is 0 Å². The number of likely N-dealkylation sites (tertiary alicyclic amines) is 1. The minimum atomic E-state index is -0.239. The van der Waals surface area contributed by atoms with Gasteiger partial charge in [0.15, 0.2) is 0 Å². The monoisotopic (exact) mass is 424 g/mol. The fourth-order valence-corrected chi connectivity index (χ4v) is 3.26. The van der Waals surface area contributed by atoms with Crippen LogP contribution in [0.5, 0.6) is 0 Å². The molecule has 2 amide bonds. The molecule has 1 fully saturated rings. The van der Waals surface area contributed by atoms with Crippen molar-refractivity contribution in [1.29, 1.82) is 0 Å². The third-order valence-electron chi connectivity index (χ3n) is 4.71. The number of rotatable bonds is 3. The topological polar surface area (TPSA) is 88.3 Å². The zero-order valence-electron chi connectivity index (χ0n) is 16.0. The van der Waals surface area contributed by atoms with Gasteiger partial charge in [0, 0.05) is 30.0 Å². The van der Waals surface area contributed by atoms with E-state index in [1.165, 1.54) is 0 Å². The van der Waals surface area contributed by atoms with Crippen molar-refractivity contribution in [3.05, 3.63) is 53.2 Å². The second-order valence-corrected chi connectivity index (χ2v) is 6.82. The second kappa shape index (κ2) is 10.3. The molecule has 2 aromatic rings. The first kappa shape index (κ1) is 23.7. The number of benzene rings is 1. The van der Waals surface area contributed by atoms with Crippen LogP contribution in [0.3, 0.4) is 0 Å². The Balaban J connectivity index is 0.00000196. The van der Waals surface area contributed by atoms with Gasteiger partial charge in [-0.25, -0.2) is 4.98 Å². The van der Waals surface area contributed by atoms with Gasteiger partial charge in [-0.05, 0) is 56.5 Å². The van der Waals surface area contributed by atoms with Gasteiger partial charge in [0.05, 0.1) is 5.92 Å². The summed E-state index contributed by atoms with van der Waals surface area (Å²) in [6.07, 6.45) is 1.56. The Morgan fingerprint density at radius 1 is 1.18 bits per heavy atom. The molecule has 1 saturated heterocycles. The van der Waals surface area contributed by atoms with Crippen LogP contribution >= 0.6 is 24.8 Å². The van der Waals surface area contributed by atoms with Crippen molar-refractivity contribution in [2.24, 2.45) is 5.92 Å². The number of nitrogen functional groups attached to an aromatic ring is 1. The van der Waals surface area contributed by atoms with Gasteiger partial charge in [-0.1, -0.05) is 12.1 Å². The molecule has 3 N–H and O–H groups in total. The number of hydrogen-bond donors (Lipinski definition) is 2. The average Bonchev–Trinajstić information content (AvgIpc) is 2.63.